The molecule has 28 heavy (non-hydrogen) atoms. The summed E-state index contributed by atoms with van der Waals surface area (Å²) in [5.74, 6) is 2.17. The highest BCUT2D eigenvalue weighted by Crippen LogP contribution is 2.28. The molecule has 0 fully saturated rings. The van der Waals surface area contributed by atoms with Crippen LogP contribution in [0.25, 0.3) is 11.5 Å². The molecule has 0 aliphatic heterocycles. The second-order valence-electron chi connectivity index (χ2n) is 6.24. The molecule has 0 spiro atoms. The van der Waals surface area contributed by atoms with E-state index < -0.39 is 0 Å². The fourth-order valence-corrected chi connectivity index (χ4v) is 2.77. The van der Waals surface area contributed by atoms with Crippen molar-refractivity contribution >= 4 is 5.97 Å². The molecular formula is C22H23NO5. The van der Waals surface area contributed by atoms with Gasteiger partial charge in [0.15, 0.2) is 11.5 Å². The molecule has 6 nitrogen and oxygen atoms in total. The maximum Gasteiger partial charge on any atom is 0.306 e. The van der Waals surface area contributed by atoms with Crippen molar-refractivity contribution in [1.82, 2.24) is 4.98 Å². The summed E-state index contributed by atoms with van der Waals surface area (Å²) < 4.78 is 21.5. The van der Waals surface area contributed by atoms with Gasteiger partial charge < -0.3 is 18.6 Å². The minimum atomic E-state index is -0.293. The van der Waals surface area contributed by atoms with E-state index in [0.717, 1.165) is 11.1 Å². The van der Waals surface area contributed by atoms with E-state index in [0.29, 0.717) is 35.3 Å². The SMILES string of the molecule is COc1ccc(CCC(=O)OCc2nc(-c3ccccc3)oc2C)cc1OC. The highest BCUT2D eigenvalue weighted by molar-refractivity contribution is 5.69. The van der Waals surface area contributed by atoms with E-state index in [1.165, 1.54) is 0 Å². The van der Waals surface area contributed by atoms with Crippen LogP contribution in [0.15, 0.2) is 52.9 Å². The van der Waals surface area contributed by atoms with Crippen molar-refractivity contribution in [3.63, 3.8) is 0 Å². The first-order valence-corrected chi connectivity index (χ1v) is 8.99. The largest absolute Gasteiger partial charge is 0.493 e. The monoisotopic (exact) mass is 381 g/mol. The van der Waals surface area contributed by atoms with Gasteiger partial charge in [-0.15, -0.1) is 0 Å². The van der Waals surface area contributed by atoms with Crippen molar-refractivity contribution in [1.29, 1.82) is 0 Å². The molecule has 0 bridgehead atoms. The molecule has 3 rings (SSSR count). The Morgan fingerprint density at radius 1 is 1.04 bits per heavy atom. The first-order chi connectivity index (χ1) is 13.6. The predicted molar refractivity (Wildman–Crippen MR) is 104 cm³/mol. The summed E-state index contributed by atoms with van der Waals surface area (Å²) in [4.78, 5) is 16.6. The maximum absolute atomic E-state index is 12.1. The van der Waals surface area contributed by atoms with Crippen LogP contribution in [0, 0.1) is 6.92 Å². The van der Waals surface area contributed by atoms with Crippen LogP contribution in [-0.4, -0.2) is 25.2 Å². The predicted octanol–water partition coefficient (Wildman–Crippen LogP) is 4.34. The first kappa shape index (κ1) is 19.5. The van der Waals surface area contributed by atoms with Crippen molar-refractivity contribution in [3.8, 4) is 23.0 Å². The van der Waals surface area contributed by atoms with Gasteiger partial charge in [-0.3, -0.25) is 4.79 Å². The van der Waals surface area contributed by atoms with Crippen LogP contribution in [0.1, 0.15) is 23.4 Å². The average Bonchev–Trinajstić information content (AvgIpc) is 3.11. The molecular weight excluding hydrogens is 358 g/mol. The van der Waals surface area contributed by atoms with Gasteiger partial charge >= 0.3 is 5.97 Å². The molecule has 0 N–H and O–H groups in total. The molecule has 1 heterocycles. The molecule has 2 aromatic carbocycles. The van der Waals surface area contributed by atoms with Crippen LogP contribution in [0.4, 0.5) is 0 Å². The number of methoxy groups -OCH3 is 2. The van der Waals surface area contributed by atoms with Crippen LogP contribution in [0.3, 0.4) is 0 Å². The zero-order valence-electron chi connectivity index (χ0n) is 16.2. The van der Waals surface area contributed by atoms with Gasteiger partial charge in [0.25, 0.3) is 0 Å². The third kappa shape index (κ3) is 4.71. The van der Waals surface area contributed by atoms with Crippen LogP contribution in [0.2, 0.25) is 0 Å². The molecule has 0 atom stereocenters. The van der Waals surface area contributed by atoms with Crippen molar-refractivity contribution in [2.45, 2.75) is 26.4 Å². The zero-order valence-corrected chi connectivity index (χ0v) is 16.2. The first-order valence-electron chi connectivity index (χ1n) is 8.99. The molecule has 146 valence electrons. The zero-order chi connectivity index (χ0) is 19.9. The normalized spacial score (nSPS) is 10.5. The number of hydrogen-bond donors (Lipinski definition) is 0. The Hall–Kier alpha value is -3.28. The number of nitrogens with zero attached hydrogens (tertiary/aromatic N) is 1. The molecule has 3 aromatic rings. The molecule has 0 unspecified atom stereocenters. The number of rotatable bonds is 8. The molecule has 6 heteroatoms. The third-order valence-corrected chi connectivity index (χ3v) is 4.35. The highest BCUT2D eigenvalue weighted by atomic mass is 16.5. The number of oxazole rings is 1. The van der Waals surface area contributed by atoms with E-state index in [-0.39, 0.29) is 19.0 Å². The summed E-state index contributed by atoms with van der Waals surface area (Å²) in [5.41, 5.74) is 2.48. The van der Waals surface area contributed by atoms with Gasteiger partial charge in [0.05, 0.1) is 14.2 Å². The number of benzene rings is 2. The summed E-state index contributed by atoms with van der Waals surface area (Å²) in [6.07, 6.45) is 0.810. The quantitative estimate of drug-likeness (QED) is 0.541. The Kier molecular flexibility index (Phi) is 6.32. The van der Waals surface area contributed by atoms with E-state index in [1.54, 1.807) is 14.2 Å². The number of ether oxygens (including phenoxy) is 3. The van der Waals surface area contributed by atoms with Crippen molar-refractivity contribution in [3.05, 3.63) is 65.5 Å². The second kappa shape index (κ2) is 9.08. The van der Waals surface area contributed by atoms with Gasteiger partial charge in [-0.05, 0) is 43.2 Å². The highest BCUT2D eigenvalue weighted by Gasteiger charge is 2.14. The number of esters is 1. The number of carbonyl (C=O) groups is 1. The number of carbonyl (C=O) groups excluding carboxylic acids is 1. The summed E-state index contributed by atoms with van der Waals surface area (Å²) in [6.45, 7) is 1.90. The Balaban J connectivity index is 1.54. The molecule has 0 saturated heterocycles. The fourth-order valence-electron chi connectivity index (χ4n) is 2.77. The summed E-state index contributed by atoms with van der Waals surface area (Å²) in [7, 11) is 3.17. The topological polar surface area (TPSA) is 70.8 Å². The Bertz CT molecular complexity index is 933. The molecule has 0 radical (unpaired) electrons. The Labute approximate surface area is 164 Å². The lowest BCUT2D eigenvalue weighted by atomic mass is 10.1. The minimum Gasteiger partial charge on any atom is -0.493 e. The maximum atomic E-state index is 12.1. The lowest BCUT2D eigenvalue weighted by molar-refractivity contribution is -0.145. The standard InChI is InChI=1S/C22H23NO5/c1-15-18(23-22(28-15)17-7-5-4-6-8-17)14-27-21(24)12-10-16-9-11-19(25-2)20(13-16)26-3/h4-9,11,13H,10,12,14H2,1-3H3. The van der Waals surface area contributed by atoms with E-state index >= 15 is 0 Å². The number of aryl methyl sites for hydroxylation is 2. The van der Waals surface area contributed by atoms with Gasteiger partial charge in [0.1, 0.15) is 18.1 Å². The Morgan fingerprint density at radius 2 is 1.79 bits per heavy atom. The van der Waals surface area contributed by atoms with Gasteiger partial charge in [0, 0.05) is 12.0 Å². The van der Waals surface area contributed by atoms with E-state index in [4.69, 9.17) is 18.6 Å². The molecule has 0 amide bonds. The minimum absolute atomic E-state index is 0.0902. The fraction of sp³-hybridized carbons (Fsp3) is 0.273. The van der Waals surface area contributed by atoms with Crippen LogP contribution >= 0.6 is 0 Å². The van der Waals surface area contributed by atoms with Crippen LogP contribution in [-0.2, 0) is 22.6 Å². The lowest BCUT2D eigenvalue weighted by Gasteiger charge is -2.09. The van der Waals surface area contributed by atoms with E-state index in [9.17, 15) is 4.79 Å². The summed E-state index contributed by atoms with van der Waals surface area (Å²) >= 11 is 0. The van der Waals surface area contributed by atoms with Crippen LogP contribution in [0.5, 0.6) is 11.5 Å². The number of hydrogen-bond acceptors (Lipinski definition) is 6. The third-order valence-electron chi connectivity index (χ3n) is 4.35. The average molecular weight is 381 g/mol. The lowest BCUT2D eigenvalue weighted by Crippen LogP contribution is -2.07. The molecule has 0 aliphatic carbocycles. The van der Waals surface area contributed by atoms with Gasteiger partial charge in [-0.1, -0.05) is 24.3 Å². The van der Waals surface area contributed by atoms with Crippen molar-refractivity contribution in [2.24, 2.45) is 0 Å². The molecule has 0 saturated carbocycles. The summed E-state index contributed by atoms with van der Waals surface area (Å²) in [5, 5.41) is 0. The Morgan fingerprint density at radius 3 is 2.50 bits per heavy atom. The van der Waals surface area contributed by atoms with Gasteiger partial charge in [-0.25, -0.2) is 4.98 Å². The van der Waals surface area contributed by atoms with Crippen molar-refractivity contribution in [2.75, 3.05) is 14.2 Å². The summed E-state index contributed by atoms with van der Waals surface area (Å²) in [6, 6.07) is 15.2. The van der Waals surface area contributed by atoms with Crippen molar-refractivity contribution < 1.29 is 23.4 Å². The van der Waals surface area contributed by atoms with Crippen LogP contribution < -0.4 is 9.47 Å². The molecule has 1 aromatic heterocycles. The van der Waals surface area contributed by atoms with Gasteiger partial charge in [-0.2, -0.15) is 0 Å². The molecule has 0 aliphatic rings. The van der Waals surface area contributed by atoms with E-state index in [2.05, 4.69) is 4.98 Å². The number of aromatic nitrogens is 1. The second-order valence-corrected chi connectivity index (χ2v) is 6.24. The van der Waals surface area contributed by atoms with E-state index in [1.807, 2.05) is 55.5 Å². The van der Waals surface area contributed by atoms with Gasteiger partial charge in [0.2, 0.25) is 5.89 Å². The smallest absolute Gasteiger partial charge is 0.306 e.